The monoisotopic (exact) mass is 910 g/mol. The number of ether oxygens (including phenoxy) is 1. The second-order valence-corrected chi connectivity index (χ2v) is 16.9. The Morgan fingerprint density at radius 2 is 1.52 bits per heavy atom. The minimum Gasteiger partial charge on any atom is -0.479 e. The van der Waals surface area contributed by atoms with Crippen molar-refractivity contribution in [3.8, 4) is 11.1 Å². The minimum atomic E-state index is -4.45. The molecule has 64 heavy (non-hydrogen) atoms. The molecular formula is C45H52F4N7O7S+. The molecule has 1 aliphatic carbocycles. The zero-order chi connectivity index (χ0) is 46.3. The highest BCUT2D eigenvalue weighted by atomic mass is 32.2. The molecule has 342 valence electrons. The van der Waals surface area contributed by atoms with E-state index in [1.165, 1.54) is 36.0 Å². The number of hydrogen-bond donors (Lipinski definition) is 3. The third-order valence-corrected chi connectivity index (χ3v) is 13.1. The normalized spacial score (nSPS) is 14.4. The molecule has 0 bridgehead atoms. The fraction of sp³-hybridized carbons (Fsp3) is 0.422. The molecule has 19 heteroatoms. The molecule has 3 atom stereocenters. The van der Waals surface area contributed by atoms with Gasteiger partial charge < -0.3 is 33.7 Å². The maximum atomic E-state index is 13.7. The van der Waals surface area contributed by atoms with E-state index in [2.05, 4.69) is 9.88 Å². The van der Waals surface area contributed by atoms with Gasteiger partial charge in [0.25, 0.3) is 5.56 Å². The van der Waals surface area contributed by atoms with Crippen molar-refractivity contribution in [2.24, 2.45) is 0 Å². The number of quaternary nitrogens is 1. The number of fused-ring (bicyclic) bond motifs is 1. The first-order valence-corrected chi connectivity index (χ1v) is 21.9. The van der Waals surface area contributed by atoms with Gasteiger partial charge in [-0.05, 0) is 93.6 Å². The van der Waals surface area contributed by atoms with Crippen molar-refractivity contribution in [1.29, 1.82) is 0 Å². The molecule has 6 rings (SSSR count). The summed E-state index contributed by atoms with van der Waals surface area (Å²) >= 11 is 1.37. The van der Waals surface area contributed by atoms with Gasteiger partial charge >= 0.3 is 18.1 Å². The summed E-state index contributed by atoms with van der Waals surface area (Å²) in [6, 6.07) is 18.3. The van der Waals surface area contributed by atoms with Gasteiger partial charge in [0.15, 0.2) is 35.7 Å². The molecule has 0 saturated carbocycles. The number of benzene rings is 3. The number of carboxylic acid groups (broad SMARTS) is 2. The standard InChI is InChI=1S/C45H51F4N7O7S/c1-5-56(6-2,27-63-39(43(61)62)38(57)42(59)60)23-22-53(4)28(3)40-52-51-37(55(40)24-29-10-14-31(15-11-29)32-16-18-33(19-17-32)45(47,48)49)25-54-36-9-7-8-35(36)41(58)50-44(54)64-26-30-12-20-34(46)21-13-30/h10-21,28,38-39,57H,5-9,22-27H2,1-4H3,(H-,59,60,61,62)/p+1. The van der Waals surface area contributed by atoms with Crippen molar-refractivity contribution in [3.05, 3.63) is 129 Å². The number of thioether (sulfide) groups is 1. The second-order valence-electron chi connectivity index (χ2n) is 16.0. The van der Waals surface area contributed by atoms with Crippen LogP contribution in [0.5, 0.6) is 0 Å². The highest BCUT2D eigenvalue weighted by Crippen LogP contribution is 2.32. The minimum absolute atomic E-state index is 0.154. The van der Waals surface area contributed by atoms with Gasteiger partial charge in [0.2, 0.25) is 0 Å². The largest absolute Gasteiger partial charge is 0.479 e. The van der Waals surface area contributed by atoms with E-state index >= 15 is 0 Å². The number of hydrogen-bond acceptors (Lipinski definition) is 10. The van der Waals surface area contributed by atoms with Crippen molar-refractivity contribution in [2.45, 2.75) is 88.5 Å². The van der Waals surface area contributed by atoms with Crippen LogP contribution in [-0.4, -0.2) is 113 Å². The molecule has 3 aromatic carbocycles. The summed E-state index contributed by atoms with van der Waals surface area (Å²) < 4.78 is 63.3. The number of halogens is 4. The van der Waals surface area contributed by atoms with E-state index in [9.17, 15) is 47.3 Å². The first-order chi connectivity index (χ1) is 30.4. The number of alkyl halides is 3. The maximum Gasteiger partial charge on any atom is 0.416 e. The molecule has 0 aliphatic heterocycles. The van der Waals surface area contributed by atoms with Gasteiger partial charge in [-0.15, -0.1) is 10.2 Å². The average molecular weight is 911 g/mol. The number of aromatic nitrogens is 5. The van der Waals surface area contributed by atoms with Gasteiger partial charge in [-0.3, -0.25) is 9.69 Å². The van der Waals surface area contributed by atoms with E-state index in [1.54, 1.807) is 12.1 Å². The van der Waals surface area contributed by atoms with Crippen LogP contribution in [0, 0.1) is 5.82 Å². The Kier molecular flexibility index (Phi) is 15.4. The summed E-state index contributed by atoms with van der Waals surface area (Å²) in [5.74, 6) is -2.00. The zero-order valence-electron chi connectivity index (χ0n) is 36.0. The zero-order valence-corrected chi connectivity index (χ0v) is 36.8. The summed E-state index contributed by atoms with van der Waals surface area (Å²) in [6.45, 7) is 8.19. The Morgan fingerprint density at radius 1 is 0.891 bits per heavy atom. The Morgan fingerprint density at radius 3 is 2.11 bits per heavy atom. The summed E-state index contributed by atoms with van der Waals surface area (Å²) in [4.78, 5) is 43.0. The highest BCUT2D eigenvalue weighted by molar-refractivity contribution is 7.98. The summed E-state index contributed by atoms with van der Waals surface area (Å²) in [5, 5.41) is 38.8. The van der Waals surface area contributed by atoms with Crippen LogP contribution in [0.4, 0.5) is 17.6 Å². The Balaban J connectivity index is 1.31. The Hall–Kier alpha value is -5.47. The van der Waals surface area contributed by atoms with Crippen LogP contribution in [0.3, 0.4) is 0 Å². The number of likely N-dealkylation sites (N-methyl/N-ethyl adjacent to an activating group) is 2. The van der Waals surface area contributed by atoms with Gasteiger partial charge in [0, 0.05) is 23.6 Å². The second kappa shape index (κ2) is 20.6. The lowest BCUT2D eigenvalue weighted by molar-refractivity contribution is -0.942. The molecule has 0 spiro atoms. The number of aliphatic carboxylic acids is 2. The van der Waals surface area contributed by atoms with E-state index in [-0.39, 0.29) is 35.2 Å². The van der Waals surface area contributed by atoms with Gasteiger partial charge in [-0.25, -0.2) is 14.0 Å². The highest BCUT2D eigenvalue weighted by Gasteiger charge is 2.37. The topological polar surface area (TPSA) is 173 Å². The van der Waals surface area contributed by atoms with E-state index < -0.39 is 35.9 Å². The Labute approximate surface area is 371 Å². The van der Waals surface area contributed by atoms with Crippen LogP contribution < -0.4 is 5.56 Å². The van der Waals surface area contributed by atoms with Crippen molar-refractivity contribution >= 4 is 23.7 Å². The molecule has 0 saturated heterocycles. The van der Waals surface area contributed by atoms with Crippen molar-refractivity contribution in [1.82, 2.24) is 29.2 Å². The molecule has 0 fully saturated rings. The van der Waals surface area contributed by atoms with Gasteiger partial charge in [-0.1, -0.05) is 60.3 Å². The first-order valence-electron chi connectivity index (χ1n) is 20.9. The number of aliphatic hydroxyl groups is 1. The maximum absolute atomic E-state index is 13.7. The third kappa shape index (κ3) is 11.2. The molecule has 0 amide bonds. The molecular weight excluding hydrogens is 859 g/mol. The first kappa shape index (κ1) is 48.0. The molecule has 3 N–H and O–H groups in total. The molecule has 5 aromatic rings. The lowest BCUT2D eigenvalue weighted by atomic mass is 10.0. The molecule has 0 radical (unpaired) electrons. The van der Waals surface area contributed by atoms with E-state index in [1.807, 2.05) is 61.2 Å². The lowest BCUT2D eigenvalue weighted by Gasteiger charge is -2.39. The number of nitrogens with zero attached hydrogens (tertiary/aromatic N) is 7. The number of carboxylic acids is 2. The van der Waals surface area contributed by atoms with Gasteiger partial charge in [0.1, 0.15) is 5.82 Å². The van der Waals surface area contributed by atoms with E-state index in [0.29, 0.717) is 79.3 Å². The summed E-state index contributed by atoms with van der Waals surface area (Å²) in [5.41, 5.74) is 3.61. The van der Waals surface area contributed by atoms with Crippen molar-refractivity contribution in [3.63, 3.8) is 0 Å². The van der Waals surface area contributed by atoms with Crippen LogP contribution in [0.25, 0.3) is 11.1 Å². The predicted octanol–water partition coefficient (Wildman–Crippen LogP) is 6.26. The van der Waals surface area contributed by atoms with Crippen LogP contribution in [0.1, 0.15) is 72.8 Å². The quantitative estimate of drug-likeness (QED) is 0.0249. The fourth-order valence-corrected chi connectivity index (χ4v) is 8.69. The number of aliphatic hydroxyl groups excluding tert-OH is 1. The smallest absolute Gasteiger partial charge is 0.416 e. The fourth-order valence-electron chi connectivity index (χ4n) is 7.73. The summed E-state index contributed by atoms with van der Waals surface area (Å²) in [7, 11) is 1.92. The van der Waals surface area contributed by atoms with E-state index in [4.69, 9.17) is 14.9 Å². The van der Waals surface area contributed by atoms with E-state index in [0.717, 1.165) is 40.9 Å². The van der Waals surface area contributed by atoms with Crippen molar-refractivity contribution < 1.29 is 51.7 Å². The molecule has 14 nitrogen and oxygen atoms in total. The molecule has 2 heterocycles. The SMILES string of the molecule is CC[N+](CC)(CCN(C)C(C)c1nnc(Cn2c(SCc3ccc(F)cc3)nc(=O)c3c2CCC3)n1Cc1ccc(-c2ccc(C(F)(F)F)cc2)cc1)COC(C(=O)O)C(O)C(=O)O. The Bertz CT molecular complexity index is 2460. The summed E-state index contributed by atoms with van der Waals surface area (Å²) in [6.07, 6.45) is -6.57. The molecule has 2 aromatic heterocycles. The average Bonchev–Trinajstić information content (AvgIpc) is 3.93. The third-order valence-electron chi connectivity index (χ3n) is 12.1. The van der Waals surface area contributed by atoms with Gasteiger partial charge in [-0.2, -0.15) is 18.2 Å². The van der Waals surface area contributed by atoms with Gasteiger partial charge in [0.05, 0.1) is 44.3 Å². The predicted molar refractivity (Wildman–Crippen MR) is 230 cm³/mol. The lowest BCUT2D eigenvalue weighted by Crippen LogP contribution is -2.55. The van der Waals surface area contributed by atoms with Crippen molar-refractivity contribution in [2.75, 3.05) is 40.0 Å². The number of carbonyl (C=O) groups is 2. The molecule has 3 unspecified atom stereocenters. The van der Waals surface area contributed by atoms with Crippen LogP contribution >= 0.6 is 11.8 Å². The van der Waals surface area contributed by atoms with Crippen LogP contribution in [-0.2, 0) is 52.2 Å². The van der Waals surface area contributed by atoms with Crippen LogP contribution in [0.15, 0.2) is 82.7 Å². The molecule has 1 aliphatic rings. The number of rotatable bonds is 21. The van der Waals surface area contributed by atoms with Crippen LogP contribution in [0.2, 0.25) is 0 Å².